The molecule has 17 rings (SSSR count). The molecule has 79 heavy (non-hydrogen) atoms. The topological polar surface area (TPSA) is 18.0 Å². The van der Waals surface area contributed by atoms with Crippen molar-refractivity contribution in [3.8, 4) is 28.2 Å². The Bertz CT molecular complexity index is 5170. The molecule has 0 spiro atoms. The van der Waals surface area contributed by atoms with E-state index in [2.05, 4.69) is 299 Å². The Kier molecular flexibility index (Phi) is 9.15. The molecule has 1 aliphatic rings. The van der Waals surface area contributed by atoms with Crippen molar-refractivity contribution in [2.75, 3.05) is 4.90 Å². The van der Waals surface area contributed by atoms with E-state index >= 15 is 0 Å². The molecule has 0 N–H and O–H groups in total. The van der Waals surface area contributed by atoms with Crippen LogP contribution in [0.3, 0.4) is 0 Å². The van der Waals surface area contributed by atoms with Crippen LogP contribution in [0.1, 0.15) is 25.0 Å². The number of para-hydroxylation sites is 5. The molecule has 0 fully saturated rings. The van der Waals surface area contributed by atoms with Gasteiger partial charge in [0.05, 0.1) is 38.8 Å². The average molecular weight is 1010 g/mol. The van der Waals surface area contributed by atoms with Crippen LogP contribution in [0.15, 0.2) is 267 Å². The SMILES string of the molecule is CC1(C)c2cc3c4ccccc4c4ccccc4c3cc2-c2ccc3c4c(N(c5ccccc5)c5ccc6c(c5)c5ccccc5n6-c5ccccc5)cccc4n(-c4cccc(-n5c6ccccc6c6ccccc65)c4)c3c21. The Hall–Kier alpha value is -10.2. The van der Waals surface area contributed by atoms with Crippen molar-refractivity contribution in [3.63, 3.8) is 0 Å². The fraction of sp³-hybridized carbons (Fsp3) is 0.0400. The van der Waals surface area contributed by atoms with Crippen LogP contribution in [0.25, 0.3) is 126 Å². The van der Waals surface area contributed by atoms with Crippen molar-refractivity contribution in [2.45, 2.75) is 19.3 Å². The quantitative estimate of drug-likeness (QED) is 0.152. The number of benzene rings is 13. The zero-order chi connectivity index (χ0) is 52.1. The summed E-state index contributed by atoms with van der Waals surface area (Å²) in [5, 5.41) is 15.1. The minimum absolute atomic E-state index is 0.376. The first-order valence-electron chi connectivity index (χ1n) is 27.5. The number of hydrogen-bond acceptors (Lipinski definition) is 1. The van der Waals surface area contributed by atoms with Gasteiger partial charge in [-0.3, -0.25) is 0 Å². The minimum Gasteiger partial charge on any atom is -0.310 e. The highest BCUT2D eigenvalue weighted by atomic mass is 15.1. The van der Waals surface area contributed by atoms with Gasteiger partial charge in [-0.25, -0.2) is 0 Å². The van der Waals surface area contributed by atoms with Crippen molar-refractivity contribution < 1.29 is 0 Å². The zero-order valence-corrected chi connectivity index (χ0v) is 43.7. The van der Waals surface area contributed by atoms with Gasteiger partial charge in [0.25, 0.3) is 0 Å². The molecule has 0 amide bonds. The molecule has 0 radical (unpaired) electrons. The fourth-order valence-corrected chi connectivity index (χ4v) is 14.2. The van der Waals surface area contributed by atoms with Crippen molar-refractivity contribution >= 4 is 115 Å². The molecule has 0 aliphatic heterocycles. The van der Waals surface area contributed by atoms with Gasteiger partial charge in [0.2, 0.25) is 0 Å². The van der Waals surface area contributed by atoms with Crippen LogP contribution >= 0.6 is 0 Å². The van der Waals surface area contributed by atoms with Crippen molar-refractivity contribution in [1.82, 2.24) is 13.7 Å². The van der Waals surface area contributed by atoms with Crippen molar-refractivity contribution in [2.24, 2.45) is 0 Å². The zero-order valence-electron chi connectivity index (χ0n) is 43.7. The molecule has 370 valence electrons. The second-order valence-electron chi connectivity index (χ2n) is 22.0. The van der Waals surface area contributed by atoms with Gasteiger partial charge >= 0.3 is 0 Å². The molecule has 1 aliphatic carbocycles. The maximum atomic E-state index is 2.60. The van der Waals surface area contributed by atoms with E-state index in [0.29, 0.717) is 0 Å². The average Bonchev–Trinajstić information content (AvgIpc) is 4.27. The van der Waals surface area contributed by atoms with Gasteiger partial charge in [0.1, 0.15) is 0 Å². The van der Waals surface area contributed by atoms with Crippen LogP contribution in [-0.4, -0.2) is 13.7 Å². The summed E-state index contributed by atoms with van der Waals surface area (Å²) in [6, 6.07) is 99.2. The summed E-state index contributed by atoms with van der Waals surface area (Å²) in [7, 11) is 0. The van der Waals surface area contributed by atoms with Gasteiger partial charge < -0.3 is 18.6 Å². The molecule has 0 atom stereocenters. The Morgan fingerprint density at radius 1 is 0.291 bits per heavy atom. The van der Waals surface area contributed by atoms with Crippen LogP contribution in [0, 0.1) is 0 Å². The lowest BCUT2D eigenvalue weighted by atomic mass is 9.80. The van der Waals surface area contributed by atoms with E-state index in [0.717, 1.165) is 39.6 Å². The Morgan fingerprint density at radius 3 is 1.42 bits per heavy atom. The van der Waals surface area contributed by atoms with E-state index in [9.17, 15) is 0 Å². The number of hydrogen-bond donors (Lipinski definition) is 0. The molecule has 13 aromatic carbocycles. The van der Waals surface area contributed by atoms with Crippen LogP contribution in [0.5, 0.6) is 0 Å². The third-order valence-corrected chi connectivity index (χ3v) is 17.5. The summed E-state index contributed by atoms with van der Waals surface area (Å²) >= 11 is 0. The van der Waals surface area contributed by atoms with E-state index in [1.807, 2.05) is 0 Å². The molecule has 4 nitrogen and oxygen atoms in total. The van der Waals surface area contributed by atoms with Gasteiger partial charge in [-0.05, 0) is 158 Å². The monoisotopic (exact) mass is 1010 g/mol. The number of aromatic nitrogens is 3. The number of rotatable bonds is 6. The lowest BCUT2D eigenvalue weighted by Gasteiger charge is -2.27. The van der Waals surface area contributed by atoms with Gasteiger partial charge in [0.15, 0.2) is 0 Å². The molecule has 0 saturated carbocycles. The van der Waals surface area contributed by atoms with Gasteiger partial charge in [-0.2, -0.15) is 0 Å². The fourth-order valence-electron chi connectivity index (χ4n) is 14.2. The second-order valence-corrected chi connectivity index (χ2v) is 22.0. The summed E-state index contributed by atoms with van der Waals surface area (Å²) in [5.41, 5.74) is 18.7. The van der Waals surface area contributed by atoms with Crippen molar-refractivity contribution in [1.29, 1.82) is 0 Å². The molecule has 0 saturated heterocycles. The molecule has 4 heteroatoms. The summed E-state index contributed by atoms with van der Waals surface area (Å²) in [6.07, 6.45) is 0. The molecule has 16 aromatic rings. The van der Waals surface area contributed by atoms with Gasteiger partial charge in [-0.1, -0.05) is 178 Å². The van der Waals surface area contributed by atoms with E-state index in [1.54, 1.807) is 0 Å². The van der Waals surface area contributed by atoms with Gasteiger partial charge in [0, 0.05) is 66.2 Å². The standard InChI is InChI=1S/C75H50N4/c1-75(2)65-46-62-55-30-12-10-28-53(55)52-27-9-11-29-54(52)61(62)45-63(65)59-40-41-60-72-70(76(47-21-5-3-6-22-47)51-39-42-69-64(44-51)58-33-15-18-36-68(58)77(69)48-23-7-4-8-24-48)37-20-38-71(72)79(74(60)73(59)75)50-26-19-25-49(43-50)78-66-34-16-13-31-56(66)57-32-14-17-35-67(57)78/h3-46H,1-2H3. The summed E-state index contributed by atoms with van der Waals surface area (Å²) in [4.78, 5) is 2.49. The Labute approximate surface area is 456 Å². The lowest BCUT2D eigenvalue weighted by molar-refractivity contribution is 0.665. The Balaban J connectivity index is 0.969. The highest BCUT2D eigenvalue weighted by Gasteiger charge is 2.40. The highest BCUT2D eigenvalue weighted by Crippen LogP contribution is 2.56. The van der Waals surface area contributed by atoms with Crippen LogP contribution in [0.4, 0.5) is 17.1 Å². The largest absolute Gasteiger partial charge is 0.310 e. The number of fused-ring (bicyclic) bond motifs is 19. The van der Waals surface area contributed by atoms with Gasteiger partial charge in [-0.15, -0.1) is 0 Å². The first kappa shape index (κ1) is 44.0. The molecule has 0 bridgehead atoms. The first-order valence-corrected chi connectivity index (χ1v) is 27.5. The molecular weight excluding hydrogens is 957 g/mol. The third-order valence-electron chi connectivity index (χ3n) is 17.5. The summed E-state index contributed by atoms with van der Waals surface area (Å²) < 4.78 is 7.44. The van der Waals surface area contributed by atoms with E-state index in [1.165, 1.54) is 114 Å². The molecular formula is C75H50N4. The normalized spacial score (nSPS) is 13.0. The third kappa shape index (κ3) is 6.14. The predicted molar refractivity (Wildman–Crippen MR) is 334 cm³/mol. The predicted octanol–water partition coefficient (Wildman–Crippen LogP) is 20.2. The Morgan fingerprint density at radius 2 is 0.772 bits per heavy atom. The van der Waals surface area contributed by atoms with E-state index < -0.39 is 0 Å². The maximum absolute atomic E-state index is 2.60. The van der Waals surface area contributed by atoms with Crippen LogP contribution in [-0.2, 0) is 5.41 Å². The smallest absolute Gasteiger partial charge is 0.0588 e. The highest BCUT2D eigenvalue weighted by molar-refractivity contribution is 6.27. The summed E-state index contributed by atoms with van der Waals surface area (Å²) in [6.45, 7) is 4.92. The first-order chi connectivity index (χ1) is 39.0. The van der Waals surface area contributed by atoms with Crippen LogP contribution in [0.2, 0.25) is 0 Å². The lowest BCUT2D eigenvalue weighted by Crippen LogP contribution is -2.16. The molecule has 0 unspecified atom stereocenters. The minimum atomic E-state index is -0.376. The number of anilines is 3. The second kappa shape index (κ2) is 16.4. The van der Waals surface area contributed by atoms with Crippen molar-refractivity contribution in [3.05, 3.63) is 278 Å². The molecule has 3 heterocycles. The maximum Gasteiger partial charge on any atom is 0.0588 e. The summed E-state index contributed by atoms with van der Waals surface area (Å²) in [5.74, 6) is 0. The van der Waals surface area contributed by atoms with E-state index in [4.69, 9.17) is 0 Å². The van der Waals surface area contributed by atoms with Crippen LogP contribution < -0.4 is 4.90 Å². The number of nitrogens with zero attached hydrogens (tertiary/aromatic N) is 4. The molecule has 3 aromatic heterocycles. The van der Waals surface area contributed by atoms with E-state index in [-0.39, 0.29) is 5.41 Å².